The van der Waals surface area contributed by atoms with Crippen molar-refractivity contribution in [3.8, 4) is 0 Å². The van der Waals surface area contributed by atoms with E-state index in [0.29, 0.717) is 26.0 Å². The fourth-order valence-electron chi connectivity index (χ4n) is 3.24. The number of rotatable bonds is 7. The predicted octanol–water partition coefficient (Wildman–Crippen LogP) is 1.74. The minimum absolute atomic E-state index is 0.150. The number of aromatic nitrogens is 1. The molecule has 0 bridgehead atoms. The van der Waals surface area contributed by atoms with Gasteiger partial charge in [0.05, 0.1) is 6.54 Å². The summed E-state index contributed by atoms with van der Waals surface area (Å²) in [5.74, 6) is -0.420. The van der Waals surface area contributed by atoms with E-state index in [9.17, 15) is 9.59 Å². The van der Waals surface area contributed by atoms with E-state index >= 15 is 0 Å². The number of amides is 2. The van der Waals surface area contributed by atoms with E-state index in [1.807, 2.05) is 17.0 Å². The van der Waals surface area contributed by atoms with Gasteiger partial charge in [-0.15, -0.1) is 0 Å². The Labute approximate surface area is 145 Å². The Balaban J connectivity index is 1.44. The lowest BCUT2D eigenvalue weighted by Gasteiger charge is -2.27. The maximum atomic E-state index is 12.4. The zero-order valence-corrected chi connectivity index (χ0v) is 14.1. The SMILES string of the molecule is O=C(COCCCCC(=O)N1CCc2c([nH]c3ccccc23)C1)NO. The van der Waals surface area contributed by atoms with Crippen molar-refractivity contribution in [1.29, 1.82) is 0 Å². The first-order valence-electron chi connectivity index (χ1n) is 8.56. The lowest BCUT2D eigenvalue weighted by atomic mass is 10.0. The van der Waals surface area contributed by atoms with Gasteiger partial charge in [-0.05, 0) is 30.9 Å². The van der Waals surface area contributed by atoms with Crippen LogP contribution in [0.4, 0.5) is 0 Å². The van der Waals surface area contributed by atoms with Gasteiger partial charge in [0, 0.05) is 36.2 Å². The third-order valence-corrected chi connectivity index (χ3v) is 4.52. The number of nitrogens with one attached hydrogen (secondary N) is 2. The standard InChI is InChI=1S/C18H23N3O4/c22-17(20-24)12-25-10-4-3-7-18(23)21-9-8-14-13-5-1-2-6-15(13)19-16(14)11-21/h1-2,5-6,19,24H,3-4,7-12H2,(H,20,22). The van der Waals surface area contributed by atoms with Crippen LogP contribution in [0, 0.1) is 0 Å². The fraction of sp³-hybridized carbons (Fsp3) is 0.444. The molecule has 7 heteroatoms. The number of hydrogen-bond acceptors (Lipinski definition) is 4. The summed E-state index contributed by atoms with van der Waals surface area (Å²) in [4.78, 5) is 28.5. The van der Waals surface area contributed by atoms with Crippen LogP contribution >= 0.6 is 0 Å². The van der Waals surface area contributed by atoms with E-state index in [0.717, 1.165) is 30.6 Å². The average Bonchev–Trinajstić information content (AvgIpc) is 3.01. The van der Waals surface area contributed by atoms with Gasteiger partial charge in [-0.3, -0.25) is 14.8 Å². The number of para-hydroxylation sites is 1. The Hall–Kier alpha value is -2.38. The highest BCUT2D eigenvalue weighted by Gasteiger charge is 2.23. The summed E-state index contributed by atoms with van der Waals surface area (Å²) < 4.78 is 5.09. The van der Waals surface area contributed by atoms with E-state index in [1.165, 1.54) is 16.4 Å². The predicted molar refractivity (Wildman–Crippen MR) is 92.0 cm³/mol. The molecule has 0 radical (unpaired) electrons. The summed E-state index contributed by atoms with van der Waals surface area (Å²) in [6.45, 7) is 1.61. The minimum atomic E-state index is -0.571. The van der Waals surface area contributed by atoms with Gasteiger partial charge in [-0.25, -0.2) is 5.48 Å². The van der Waals surface area contributed by atoms with Gasteiger partial charge in [0.15, 0.2) is 0 Å². The van der Waals surface area contributed by atoms with Crippen molar-refractivity contribution in [2.24, 2.45) is 0 Å². The van der Waals surface area contributed by atoms with E-state index in [4.69, 9.17) is 9.94 Å². The molecular formula is C18H23N3O4. The molecule has 0 saturated heterocycles. The normalized spacial score (nSPS) is 13.7. The van der Waals surface area contributed by atoms with Crippen LogP contribution < -0.4 is 5.48 Å². The number of carbonyl (C=O) groups is 2. The Morgan fingerprint density at radius 2 is 2.12 bits per heavy atom. The summed E-state index contributed by atoms with van der Waals surface area (Å²) >= 11 is 0. The number of benzene rings is 1. The van der Waals surface area contributed by atoms with Gasteiger partial charge in [-0.1, -0.05) is 18.2 Å². The van der Waals surface area contributed by atoms with Gasteiger partial charge in [0.2, 0.25) is 5.91 Å². The molecule has 3 N–H and O–H groups in total. The van der Waals surface area contributed by atoms with Crippen molar-refractivity contribution in [1.82, 2.24) is 15.4 Å². The molecule has 2 aromatic rings. The van der Waals surface area contributed by atoms with Crippen LogP contribution in [0.5, 0.6) is 0 Å². The summed E-state index contributed by atoms with van der Waals surface area (Å²) in [6.07, 6.45) is 2.78. The van der Waals surface area contributed by atoms with Crippen LogP contribution in [0.25, 0.3) is 10.9 Å². The molecule has 1 aromatic heterocycles. The number of carbonyl (C=O) groups excluding carboxylic acids is 2. The van der Waals surface area contributed by atoms with E-state index in [-0.39, 0.29) is 12.5 Å². The summed E-state index contributed by atoms with van der Waals surface area (Å²) in [5, 5.41) is 9.60. The zero-order valence-electron chi connectivity index (χ0n) is 14.1. The minimum Gasteiger partial charge on any atom is -0.372 e. The van der Waals surface area contributed by atoms with Crippen molar-refractivity contribution in [3.63, 3.8) is 0 Å². The number of unbranched alkanes of at least 4 members (excludes halogenated alkanes) is 1. The van der Waals surface area contributed by atoms with E-state index in [1.54, 1.807) is 0 Å². The first-order valence-corrected chi connectivity index (χ1v) is 8.56. The molecule has 0 spiro atoms. The van der Waals surface area contributed by atoms with Crippen molar-refractivity contribution in [2.45, 2.75) is 32.2 Å². The Kier molecular flexibility index (Phi) is 5.67. The number of hydroxylamine groups is 1. The monoisotopic (exact) mass is 345 g/mol. The molecule has 1 aliphatic heterocycles. The Bertz CT molecular complexity index is 756. The van der Waals surface area contributed by atoms with Crippen LogP contribution in [-0.4, -0.2) is 46.7 Å². The molecule has 0 aliphatic carbocycles. The molecule has 25 heavy (non-hydrogen) atoms. The molecule has 1 aromatic carbocycles. The molecule has 1 aliphatic rings. The van der Waals surface area contributed by atoms with Crippen molar-refractivity contribution in [2.75, 3.05) is 19.8 Å². The Morgan fingerprint density at radius 1 is 1.28 bits per heavy atom. The van der Waals surface area contributed by atoms with E-state index < -0.39 is 5.91 Å². The second-order valence-electron chi connectivity index (χ2n) is 6.24. The van der Waals surface area contributed by atoms with Gasteiger partial charge >= 0.3 is 0 Å². The smallest absolute Gasteiger partial charge is 0.269 e. The molecule has 0 atom stereocenters. The third kappa shape index (κ3) is 4.18. The first kappa shape index (κ1) is 17.4. The first-order chi connectivity index (χ1) is 12.2. The van der Waals surface area contributed by atoms with Gasteiger partial charge in [-0.2, -0.15) is 0 Å². The highest BCUT2D eigenvalue weighted by Crippen LogP contribution is 2.27. The second-order valence-corrected chi connectivity index (χ2v) is 6.24. The number of nitrogens with zero attached hydrogens (tertiary/aromatic N) is 1. The molecule has 2 heterocycles. The molecule has 134 valence electrons. The molecule has 2 amide bonds. The number of ether oxygens (including phenoxy) is 1. The van der Waals surface area contributed by atoms with Crippen molar-refractivity contribution >= 4 is 22.7 Å². The number of aromatic amines is 1. The van der Waals surface area contributed by atoms with Crippen LogP contribution in [-0.2, 0) is 27.3 Å². The van der Waals surface area contributed by atoms with Crippen LogP contribution in [0.15, 0.2) is 24.3 Å². The lowest BCUT2D eigenvalue weighted by Crippen LogP contribution is -2.35. The maximum absolute atomic E-state index is 12.4. The fourth-order valence-corrected chi connectivity index (χ4v) is 3.24. The molecular weight excluding hydrogens is 322 g/mol. The Morgan fingerprint density at radius 3 is 2.96 bits per heavy atom. The molecule has 0 fully saturated rings. The maximum Gasteiger partial charge on any atom is 0.269 e. The topological polar surface area (TPSA) is 94.7 Å². The van der Waals surface area contributed by atoms with Gasteiger partial charge in [0.1, 0.15) is 6.61 Å². The van der Waals surface area contributed by atoms with Crippen molar-refractivity contribution < 1.29 is 19.5 Å². The van der Waals surface area contributed by atoms with E-state index in [2.05, 4.69) is 17.1 Å². The van der Waals surface area contributed by atoms with Crippen LogP contribution in [0.2, 0.25) is 0 Å². The highest BCUT2D eigenvalue weighted by atomic mass is 16.5. The lowest BCUT2D eigenvalue weighted by molar-refractivity contribution is -0.134. The average molecular weight is 345 g/mol. The number of hydrogen-bond donors (Lipinski definition) is 3. The number of H-pyrrole nitrogens is 1. The van der Waals surface area contributed by atoms with Crippen LogP contribution in [0.1, 0.15) is 30.5 Å². The van der Waals surface area contributed by atoms with Crippen molar-refractivity contribution in [3.05, 3.63) is 35.5 Å². The highest BCUT2D eigenvalue weighted by molar-refractivity contribution is 5.85. The largest absolute Gasteiger partial charge is 0.372 e. The summed E-state index contributed by atoms with van der Waals surface area (Å²) in [6, 6.07) is 8.25. The molecule has 0 unspecified atom stereocenters. The number of fused-ring (bicyclic) bond motifs is 3. The van der Waals surface area contributed by atoms with Crippen LogP contribution in [0.3, 0.4) is 0 Å². The van der Waals surface area contributed by atoms with Gasteiger partial charge in [0.25, 0.3) is 5.91 Å². The van der Waals surface area contributed by atoms with Gasteiger partial charge < -0.3 is 14.6 Å². The summed E-state index contributed by atoms with van der Waals surface area (Å²) in [7, 11) is 0. The quantitative estimate of drug-likeness (QED) is 0.405. The second kappa shape index (κ2) is 8.13. The molecule has 3 rings (SSSR count). The molecule has 0 saturated carbocycles. The third-order valence-electron chi connectivity index (χ3n) is 4.52. The molecule has 7 nitrogen and oxygen atoms in total. The zero-order chi connectivity index (χ0) is 17.6. The summed E-state index contributed by atoms with van der Waals surface area (Å²) in [5.41, 5.74) is 5.10.